The molecule has 8 nitrogen and oxygen atoms in total. The van der Waals surface area contributed by atoms with Crippen LogP contribution in [0, 0.1) is 0 Å². The van der Waals surface area contributed by atoms with Gasteiger partial charge in [0.15, 0.2) is 0 Å². The summed E-state index contributed by atoms with van der Waals surface area (Å²) in [6, 6.07) is 21.7. The summed E-state index contributed by atoms with van der Waals surface area (Å²) in [7, 11) is -3.88. The van der Waals surface area contributed by atoms with Crippen LogP contribution in [0.5, 0.6) is 11.5 Å². The summed E-state index contributed by atoms with van der Waals surface area (Å²) in [4.78, 5) is 0.0584. The molecule has 5 N–H and O–H groups in total. The smallest absolute Gasteiger partial charge is 0.262 e. The molecule has 3 rings (SSSR count). The lowest BCUT2D eigenvalue weighted by Crippen LogP contribution is -2.38. The molecule has 0 heterocycles. The van der Waals surface area contributed by atoms with Crippen molar-refractivity contribution in [2.24, 2.45) is 0 Å². The molecule has 0 aromatic heterocycles. The number of aromatic hydroxyl groups is 1. The first-order valence-corrected chi connectivity index (χ1v) is 12.0. The van der Waals surface area contributed by atoms with Gasteiger partial charge in [-0.2, -0.15) is 0 Å². The molecule has 0 saturated heterocycles. The largest absolute Gasteiger partial charge is 0.506 e. The van der Waals surface area contributed by atoms with Crippen molar-refractivity contribution in [2.45, 2.75) is 30.1 Å². The SMILES string of the molecule is O=S(=O)(Nc1cc(OCC(O)CN[C@@H](O)CCc2ccccc2)ccc1O)c1ccccc1. The molecule has 0 spiro atoms. The number of aliphatic hydroxyl groups is 2. The highest BCUT2D eigenvalue weighted by Gasteiger charge is 2.17. The second-order valence-electron chi connectivity index (χ2n) is 7.51. The minimum atomic E-state index is -3.88. The first-order chi connectivity index (χ1) is 15.8. The Morgan fingerprint density at radius 1 is 0.909 bits per heavy atom. The van der Waals surface area contributed by atoms with Gasteiger partial charge < -0.3 is 20.1 Å². The molecule has 0 aliphatic carbocycles. The zero-order chi connectivity index (χ0) is 23.7. The van der Waals surface area contributed by atoms with E-state index in [1.165, 1.54) is 30.3 Å². The van der Waals surface area contributed by atoms with E-state index >= 15 is 0 Å². The number of benzene rings is 3. The Kier molecular flexibility index (Phi) is 8.67. The highest BCUT2D eigenvalue weighted by Crippen LogP contribution is 2.30. The number of rotatable bonds is 12. The number of nitrogens with one attached hydrogen (secondary N) is 2. The lowest BCUT2D eigenvalue weighted by molar-refractivity contribution is 0.0712. The predicted molar refractivity (Wildman–Crippen MR) is 126 cm³/mol. The molecule has 0 saturated carbocycles. The number of phenolic OH excluding ortho intramolecular Hbond substituents is 1. The van der Waals surface area contributed by atoms with Crippen molar-refractivity contribution < 1.29 is 28.5 Å². The Balaban J connectivity index is 1.48. The van der Waals surface area contributed by atoms with Crippen molar-refractivity contribution in [3.05, 3.63) is 84.4 Å². The van der Waals surface area contributed by atoms with Crippen molar-refractivity contribution in [1.82, 2.24) is 5.32 Å². The fourth-order valence-corrected chi connectivity index (χ4v) is 4.15. The summed E-state index contributed by atoms with van der Waals surface area (Å²) in [6.45, 7) is 0.0234. The van der Waals surface area contributed by atoms with Gasteiger partial charge in [0.05, 0.1) is 10.6 Å². The summed E-state index contributed by atoms with van der Waals surface area (Å²) in [6.07, 6.45) is -0.473. The third-order valence-electron chi connectivity index (χ3n) is 4.85. The molecular formula is C24H28N2O6S. The van der Waals surface area contributed by atoms with E-state index in [0.717, 1.165) is 5.56 Å². The zero-order valence-corrected chi connectivity index (χ0v) is 18.8. The van der Waals surface area contributed by atoms with Crippen LogP contribution >= 0.6 is 0 Å². The third kappa shape index (κ3) is 7.76. The minimum Gasteiger partial charge on any atom is -0.506 e. The second kappa shape index (κ2) is 11.7. The maximum absolute atomic E-state index is 12.5. The Morgan fingerprint density at radius 2 is 1.58 bits per heavy atom. The molecule has 0 amide bonds. The monoisotopic (exact) mass is 472 g/mol. The summed E-state index contributed by atoms with van der Waals surface area (Å²) >= 11 is 0. The molecule has 3 aromatic rings. The van der Waals surface area contributed by atoms with Gasteiger partial charge in [-0.15, -0.1) is 0 Å². The van der Waals surface area contributed by atoms with Gasteiger partial charge in [-0.25, -0.2) is 8.42 Å². The van der Waals surface area contributed by atoms with Gasteiger partial charge in [0, 0.05) is 12.6 Å². The number of phenols is 1. The van der Waals surface area contributed by atoms with Crippen LogP contribution in [-0.4, -0.2) is 49.2 Å². The lowest BCUT2D eigenvalue weighted by Gasteiger charge is -2.17. The highest BCUT2D eigenvalue weighted by molar-refractivity contribution is 7.92. The van der Waals surface area contributed by atoms with Crippen LogP contribution in [0.25, 0.3) is 0 Å². The van der Waals surface area contributed by atoms with Crippen LogP contribution in [0.1, 0.15) is 12.0 Å². The normalized spacial score (nSPS) is 13.3. The maximum atomic E-state index is 12.5. The molecule has 3 aromatic carbocycles. The summed E-state index contributed by atoms with van der Waals surface area (Å²) < 4.78 is 32.8. The van der Waals surface area contributed by atoms with E-state index in [-0.39, 0.29) is 35.2 Å². The lowest BCUT2D eigenvalue weighted by atomic mass is 10.1. The Hall–Kier alpha value is -3.11. The van der Waals surface area contributed by atoms with E-state index in [4.69, 9.17) is 4.74 Å². The molecule has 176 valence electrons. The van der Waals surface area contributed by atoms with Crippen LogP contribution in [-0.2, 0) is 16.4 Å². The van der Waals surface area contributed by atoms with E-state index in [2.05, 4.69) is 10.0 Å². The van der Waals surface area contributed by atoms with Crippen molar-refractivity contribution >= 4 is 15.7 Å². The van der Waals surface area contributed by atoms with Crippen LogP contribution in [0.2, 0.25) is 0 Å². The van der Waals surface area contributed by atoms with Crippen molar-refractivity contribution in [2.75, 3.05) is 17.9 Å². The number of aryl methyl sites for hydroxylation is 1. The molecule has 0 fully saturated rings. The Morgan fingerprint density at radius 3 is 2.27 bits per heavy atom. The molecule has 2 atom stereocenters. The van der Waals surface area contributed by atoms with E-state index < -0.39 is 22.4 Å². The Labute approximate surface area is 193 Å². The molecule has 0 aliphatic rings. The number of hydrogen-bond acceptors (Lipinski definition) is 7. The minimum absolute atomic E-state index is 0.0414. The first-order valence-electron chi connectivity index (χ1n) is 10.5. The molecular weight excluding hydrogens is 444 g/mol. The zero-order valence-electron chi connectivity index (χ0n) is 18.0. The molecule has 0 bridgehead atoms. The Bertz CT molecular complexity index is 1110. The van der Waals surface area contributed by atoms with E-state index in [1.54, 1.807) is 18.2 Å². The topological polar surface area (TPSA) is 128 Å². The number of anilines is 1. The highest BCUT2D eigenvalue weighted by atomic mass is 32.2. The summed E-state index contributed by atoms with van der Waals surface area (Å²) in [5.74, 6) is 0.00727. The van der Waals surface area contributed by atoms with Gasteiger partial charge in [-0.3, -0.25) is 10.0 Å². The van der Waals surface area contributed by atoms with Gasteiger partial charge in [-0.1, -0.05) is 48.5 Å². The van der Waals surface area contributed by atoms with Gasteiger partial charge >= 0.3 is 0 Å². The van der Waals surface area contributed by atoms with Crippen LogP contribution in [0.4, 0.5) is 5.69 Å². The van der Waals surface area contributed by atoms with Crippen LogP contribution in [0.3, 0.4) is 0 Å². The predicted octanol–water partition coefficient (Wildman–Crippen LogP) is 2.47. The van der Waals surface area contributed by atoms with Gasteiger partial charge in [-0.05, 0) is 42.7 Å². The molecule has 9 heteroatoms. The van der Waals surface area contributed by atoms with Gasteiger partial charge in [0.25, 0.3) is 10.0 Å². The molecule has 0 radical (unpaired) electrons. The second-order valence-corrected chi connectivity index (χ2v) is 9.19. The average molecular weight is 473 g/mol. The maximum Gasteiger partial charge on any atom is 0.262 e. The average Bonchev–Trinajstić information content (AvgIpc) is 2.83. The van der Waals surface area contributed by atoms with E-state index in [1.807, 2.05) is 30.3 Å². The van der Waals surface area contributed by atoms with Crippen molar-refractivity contribution in [1.29, 1.82) is 0 Å². The molecule has 33 heavy (non-hydrogen) atoms. The summed E-state index contributed by atoms with van der Waals surface area (Å²) in [5, 5.41) is 33.1. The van der Waals surface area contributed by atoms with Gasteiger partial charge in [0.2, 0.25) is 0 Å². The standard InChI is InChI=1S/C24H28N2O6S/c27-19(16-25-24(29)14-11-18-7-3-1-4-8-18)17-32-20-12-13-23(28)22(15-20)26-33(30,31)21-9-5-2-6-10-21/h1-10,12-13,15,19,24-29H,11,14,16-17H2/t19?,24-/m0/s1. The number of ether oxygens (including phenoxy) is 1. The quantitative estimate of drug-likeness (QED) is 0.202. The third-order valence-corrected chi connectivity index (χ3v) is 6.23. The van der Waals surface area contributed by atoms with Crippen LogP contribution in [0.15, 0.2) is 83.8 Å². The fraction of sp³-hybridized carbons (Fsp3) is 0.250. The first kappa shape index (κ1) is 24.5. The van der Waals surface area contributed by atoms with Crippen LogP contribution < -0.4 is 14.8 Å². The molecule has 0 aliphatic heterocycles. The van der Waals surface area contributed by atoms with Crippen molar-refractivity contribution in [3.8, 4) is 11.5 Å². The number of sulfonamides is 1. The van der Waals surface area contributed by atoms with E-state index in [0.29, 0.717) is 12.8 Å². The van der Waals surface area contributed by atoms with Gasteiger partial charge in [0.1, 0.15) is 30.4 Å². The summed E-state index contributed by atoms with van der Waals surface area (Å²) in [5.41, 5.74) is 1.08. The fourth-order valence-electron chi connectivity index (χ4n) is 3.06. The van der Waals surface area contributed by atoms with E-state index in [9.17, 15) is 23.7 Å². The number of aliphatic hydroxyl groups excluding tert-OH is 2. The van der Waals surface area contributed by atoms with Crippen molar-refractivity contribution in [3.63, 3.8) is 0 Å². The molecule has 1 unspecified atom stereocenters. The number of hydrogen-bond donors (Lipinski definition) is 5.